The van der Waals surface area contributed by atoms with E-state index in [0.717, 1.165) is 5.69 Å². The van der Waals surface area contributed by atoms with Gasteiger partial charge in [-0.15, -0.1) is 0 Å². The number of halogens is 1. The van der Waals surface area contributed by atoms with E-state index in [2.05, 4.69) is 25.3 Å². The molecule has 1 N–H and O–H groups in total. The van der Waals surface area contributed by atoms with Gasteiger partial charge in [-0.2, -0.15) is 10.1 Å². The van der Waals surface area contributed by atoms with Crippen molar-refractivity contribution in [1.82, 2.24) is 29.5 Å². The molecule has 2 aromatic carbocycles. The summed E-state index contributed by atoms with van der Waals surface area (Å²) in [5.41, 5.74) is 1.44. The summed E-state index contributed by atoms with van der Waals surface area (Å²) in [6.45, 7) is 11.6. The van der Waals surface area contributed by atoms with Crippen molar-refractivity contribution >= 4 is 45.2 Å². The minimum atomic E-state index is -0.598. The summed E-state index contributed by atoms with van der Waals surface area (Å²) in [4.78, 5) is 41.7. The van der Waals surface area contributed by atoms with E-state index in [-0.39, 0.29) is 35.3 Å². The summed E-state index contributed by atoms with van der Waals surface area (Å²) in [6, 6.07) is 6.36. The fourth-order valence-corrected chi connectivity index (χ4v) is 5.61. The molecule has 0 radical (unpaired) electrons. The third-order valence-electron chi connectivity index (χ3n) is 7.52. The van der Waals surface area contributed by atoms with Crippen molar-refractivity contribution in [2.24, 2.45) is 7.05 Å². The number of rotatable bonds is 7. The summed E-state index contributed by atoms with van der Waals surface area (Å²) < 4.78 is 27.8. The van der Waals surface area contributed by atoms with E-state index in [1.54, 1.807) is 36.5 Å². The van der Waals surface area contributed by atoms with Crippen molar-refractivity contribution in [3.05, 3.63) is 48.0 Å². The van der Waals surface area contributed by atoms with Crippen LogP contribution in [0.15, 0.2) is 36.7 Å². The standard InChI is InChI=1S/C32H41FN8O4/c1-19-16-40(17-20(2)41(19)31(43)45-32(3,4)5)26-10-9-23(28-24(26)15-34-30(36-28)44-12-11-38(6)7)29(42)35-22-13-21-18-39(8)37-27(21)25(33)14-22/h9-10,13-15,18-20H,11-12,16-17H2,1-8H3,(H,35,42)/t19-,20+. The molecule has 3 heterocycles. The number of benzene rings is 2. The summed E-state index contributed by atoms with van der Waals surface area (Å²) >= 11 is 0. The first kappa shape index (κ1) is 31.9. The molecule has 2 amide bonds. The van der Waals surface area contributed by atoms with Gasteiger partial charge in [0, 0.05) is 61.2 Å². The molecule has 240 valence electrons. The summed E-state index contributed by atoms with van der Waals surface area (Å²) in [5.74, 6) is -0.986. The van der Waals surface area contributed by atoms with Crippen LogP contribution in [0, 0.1) is 5.82 Å². The smallest absolute Gasteiger partial charge is 0.410 e. The van der Waals surface area contributed by atoms with Crippen molar-refractivity contribution in [1.29, 1.82) is 0 Å². The fourth-order valence-electron chi connectivity index (χ4n) is 5.61. The molecule has 0 saturated carbocycles. The Labute approximate surface area is 262 Å². The number of aromatic nitrogens is 4. The van der Waals surface area contributed by atoms with Crippen LogP contribution in [0.5, 0.6) is 6.01 Å². The molecule has 1 fully saturated rings. The molecular weight excluding hydrogens is 579 g/mol. The zero-order valence-corrected chi connectivity index (χ0v) is 27.1. The van der Waals surface area contributed by atoms with Gasteiger partial charge in [-0.25, -0.2) is 14.2 Å². The molecule has 12 nitrogen and oxygen atoms in total. The minimum absolute atomic E-state index is 0.145. The molecule has 0 unspecified atom stereocenters. The number of carbonyl (C=O) groups is 2. The van der Waals surface area contributed by atoms with Gasteiger partial charge < -0.3 is 24.6 Å². The molecule has 5 rings (SSSR count). The van der Waals surface area contributed by atoms with Crippen molar-refractivity contribution in [2.75, 3.05) is 50.6 Å². The van der Waals surface area contributed by atoms with Gasteiger partial charge in [0.25, 0.3) is 5.91 Å². The molecule has 1 aliphatic heterocycles. The Morgan fingerprint density at radius 1 is 1.11 bits per heavy atom. The number of carbonyl (C=O) groups excluding carboxylic acids is 2. The SMILES string of the molecule is C[C@@H]1CN(c2ccc(C(=O)Nc3cc(F)c4nn(C)cc4c3)c3nc(OCCN(C)C)ncc23)C[C@H](C)N1C(=O)OC(C)(C)C. The zero-order valence-electron chi connectivity index (χ0n) is 27.1. The maximum absolute atomic E-state index is 14.8. The lowest BCUT2D eigenvalue weighted by molar-refractivity contribution is 0.00566. The Morgan fingerprint density at radius 2 is 1.82 bits per heavy atom. The largest absolute Gasteiger partial charge is 0.462 e. The van der Waals surface area contributed by atoms with Crippen LogP contribution in [0.25, 0.3) is 21.8 Å². The van der Waals surface area contributed by atoms with Crippen LogP contribution >= 0.6 is 0 Å². The molecule has 0 aliphatic carbocycles. The van der Waals surface area contributed by atoms with Crippen LogP contribution in [0.2, 0.25) is 0 Å². The van der Waals surface area contributed by atoms with Crippen molar-refractivity contribution in [2.45, 2.75) is 52.3 Å². The van der Waals surface area contributed by atoms with Crippen molar-refractivity contribution < 1.29 is 23.5 Å². The van der Waals surface area contributed by atoms with E-state index in [1.165, 1.54) is 10.7 Å². The van der Waals surface area contributed by atoms with E-state index in [4.69, 9.17) is 9.47 Å². The van der Waals surface area contributed by atoms with E-state index >= 15 is 0 Å². The number of ether oxygens (including phenoxy) is 2. The first-order valence-corrected chi connectivity index (χ1v) is 15.0. The van der Waals surface area contributed by atoms with Crippen LogP contribution in [-0.2, 0) is 11.8 Å². The van der Waals surface area contributed by atoms with Gasteiger partial charge >= 0.3 is 12.1 Å². The normalized spacial score (nSPS) is 17.3. The predicted molar refractivity (Wildman–Crippen MR) is 171 cm³/mol. The third-order valence-corrected chi connectivity index (χ3v) is 7.52. The Morgan fingerprint density at radius 3 is 2.49 bits per heavy atom. The number of nitrogens with one attached hydrogen (secondary N) is 1. The predicted octanol–water partition coefficient (Wildman–Crippen LogP) is 4.68. The van der Waals surface area contributed by atoms with Gasteiger partial charge in [0.15, 0.2) is 5.82 Å². The Kier molecular flexibility index (Phi) is 8.83. The van der Waals surface area contributed by atoms with E-state index < -0.39 is 17.3 Å². The first-order chi connectivity index (χ1) is 21.2. The molecule has 0 spiro atoms. The second-order valence-corrected chi connectivity index (χ2v) is 12.8. The molecule has 2 aromatic heterocycles. The maximum Gasteiger partial charge on any atom is 0.410 e. The van der Waals surface area contributed by atoms with Gasteiger partial charge in [-0.05, 0) is 73.0 Å². The van der Waals surface area contributed by atoms with E-state index in [9.17, 15) is 14.0 Å². The summed E-state index contributed by atoms with van der Waals surface area (Å²) in [7, 11) is 5.59. The van der Waals surface area contributed by atoms with Gasteiger partial charge in [-0.3, -0.25) is 14.4 Å². The monoisotopic (exact) mass is 620 g/mol. The van der Waals surface area contributed by atoms with Crippen molar-refractivity contribution in [3.8, 4) is 6.01 Å². The number of likely N-dealkylation sites (N-methyl/N-ethyl adjacent to an activating group) is 1. The molecule has 4 aromatic rings. The van der Waals surface area contributed by atoms with Crippen LogP contribution in [0.3, 0.4) is 0 Å². The van der Waals surface area contributed by atoms with Gasteiger partial charge in [0.2, 0.25) is 0 Å². The van der Waals surface area contributed by atoms with E-state index in [1.807, 2.05) is 59.7 Å². The Bertz CT molecular complexity index is 1720. The minimum Gasteiger partial charge on any atom is -0.462 e. The molecular formula is C32H41FN8O4. The Hall–Kier alpha value is -4.52. The fraction of sp³-hybridized carbons (Fsp3) is 0.469. The number of aryl methyl sites for hydroxylation is 1. The number of anilines is 2. The number of nitrogens with zero attached hydrogens (tertiary/aromatic N) is 7. The lowest BCUT2D eigenvalue weighted by Gasteiger charge is -2.45. The van der Waals surface area contributed by atoms with Gasteiger partial charge in [-0.1, -0.05) is 0 Å². The van der Waals surface area contributed by atoms with Crippen molar-refractivity contribution in [3.63, 3.8) is 0 Å². The van der Waals surface area contributed by atoms with Gasteiger partial charge in [0.1, 0.15) is 17.7 Å². The average molecular weight is 621 g/mol. The van der Waals surface area contributed by atoms with Crippen LogP contribution < -0.4 is 15.0 Å². The number of amides is 2. The summed E-state index contributed by atoms with van der Waals surface area (Å²) in [5, 5.41) is 8.18. The van der Waals surface area contributed by atoms with Crippen LogP contribution in [0.4, 0.5) is 20.6 Å². The average Bonchev–Trinajstić information content (AvgIpc) is 3.31. The molecule has 13 heteroatoms. The highest BCUT2D eigenvalue weighted by molar-refractivity contribution is 6.14. The Balaban J connectivity index is 1.48. The van der Waals surface area contributed by atoms with E-state index in [0.29, 0.717) is 48.2 Å². The lowest BCUT2D eigenvalue weighted by atomic mass is 10.0. The summed E-state index contributed by atoms with van der Waals surface area (Å²) in [6.07, 6.45) is 3.01. The topological polar surface area (TPSA) is 118 Å². The highest BCUT2D eigenvalue weighted by Gasteiger charge is 2.36. The number of hydrogen-bond donors (Lipinski definition) is 1. The maximum atomic E-state index is 14.8. The number of fused-ring (bicyclic) bond motifs is 2. The third kappa shape index (κ3) is 7.08. The van der Waals surface area contributed by atoms with Crippen LogP contribution in [0.1, 0.15) is 45.0 Å². The first-order valence-electron chi connectivity index (χ1n) is 15.0. The lowest BCUT2D eigenvalue weighted by Crippen LogP contribution is -2.59. The molecule has 2 atom stereocenters. The number of piperazine rings is 1. The molecule has 1 aliphatic rings. The second kappa shape index (κ2) is 12.5. The molecule has 1 saturated heterocycles. The van der Waals surface area contributed by atoms with Gasteiger partial charge in [0.05, 0.1) is 23.2 Å². The molecule has 0 bridgehead atoms. The zero-order chi connectivity index (χ0) is 32.6. The number of hydrogen-bond acceptors (Lipinski definition) is 9. The quantitative estimate of drug-likeness (QED) is 0.314. The molecule has 45 heavy (non-hydrogen) atoms. The second-order valence-electron chi connectivity index (χ2n) is 12.8. The van der Waals surface area contributed by atoms with Crippen LogP contribution in [-0.4, -0.2) is 99.6 Å². The highest BCUT2D eigenvalue weighted by Crippen LogP contribution is 2.33. The highest BCUT2D eigenvalue weighted by atomic mass is 19.1.